The molecule has 3 N–H and O–H groups in total. The van der Waals surface area contributed by atoms with Gasteiger partial charge in [0.25, 0.3) is 0 Å². The molecule has 7 nitrogen and oxygen atoms in total. The third kappa shape index (κ3) is 2.24. The fourth-order valence-electron chi connectivity index (χ4n) is 2.13. The van der Waals surface area contributed by atoms with Crippen molar-refractivity contribution in [2.24, 2.45) is 5.92 Å². The van der Waals surface area contributed by atoms with Gasteiger partial charge in [-0.2, -0.15) is 4.98 Å². The fourth-order valence-corrected chi connectivity index (χ4v) is 2.13. The summed E-state index contributed by atoms with van der Waals surface area (Å²) >= 11 is 0. The number of nitrogens with zero attached hydrogens (tertiary/aromatic N) is 2. The molecule has 7 heteroatoms. The van der Waals surface area contributed by atoms with Gasteiger partial charge in [0.1, 0.15) is 18.1 Å². The van der Waals surface area contributed by atoms with E-state index in [1.807, 2.05) is 6.92 Å². The van der Waals surface area contributed by atoms with Crippen LogP contribution in [0.3, 0.4) is 0 Å². The summed E-state index contributed by atoms with van der Waals surface area (Å²) in [6.45, 7) is 2.09. The summed E-state index contributed by atoms with van der Waals surface area (Å²) in [7, 11) is 1.53. The quantitative estimate of drug-likeness (QED) is 0.745. The minimum atomic E-state index is -0.681. The highest BCUT2D eigenvalue weighted by molar-refractivity contribution is 5.23. The van der Waals surface area contributed by atoms with Crippen molar-refractivity contribution in [2.75, 3.05) is 19.5 Å². The van der Waals surface area contributed by atoms with Crippen LogP contribution in [0.15, 0.2) is 17.1 Å². The molecule has 0 spiro atoms. The van der Waals surface area contributed by atoms with Crippen LogP contribution in [0, 0.1) is 5.92 Å². The molecule has 1 saturated heterocycles. The molecule has 2 rings (SSSR count). The third-order valence-corrected chi connectivity index (χ3v) is 3.14. The van der Waals surface area contributed by atoms with Gasteiger partial charge >= 0.3 is 5.69 Å². The maximum Gasteiger partial charge on any atom is 0.351 e. The Hall–Kier alpha value is -1.44. The average molecular weight is 255 g/mol. The van der Waals surface area contributed by atoms with E-state index in [9.17, 15) is 9.90 Å². The molecule has 1 aliphatic rings. The lowest BCUT2D eigenvalue weighted by atomic mass is 10.0. The molecule has 18 heavy (non-hydrogen) atoms. The topological polar surface area (TPSA) is 99.6 Å². The van der Waals surface area contributed by atoms with E-state index < -0.39 is 24.1 Å². The summed E-state index contributed by atoms with van der Waals surface area (Å²) in [5, 5.41) is 10.0. The Kier molecular flexibility index (Phi) is 3.65. The first kappa shape index (κ1) is 13.0. The van der Waals surface area contributed by atoms with Crippen LogP contribution in [0.25, 0.3) is 0 Å². The number of ether oxygens (including phenoxy) is 2. The summed E-state index contributed by atoms with van der Waals surface area (Å²) in [5.74, 6) is -0.0656. The summed E-state index contributed by atoms with van der Waals surface area (Å²) < 4.78 is 11.9. The molecule has 2 heterocycles. The number of nitrogen functional groups attached to an aromatic ring is 1. The molecule has 1 aromatic rings. The first-order valence-corrected chi connectivity index (χ1v) is 5.71. The Balaban J connectivity index is 2.26. The lowest BCUT2D eigenvalue weighted by Gasteiger charge is -2.17. The third-order valence-electron chi connectivity index (χ3n) is 3.14. The number of rotatable bonds is 3. The van der Waals surface area contributed by atoms with Gasteiger partial charge in [0, 0.05) is 19.2 Å². The molecule has 1 fully saturated rings. The molecule has 0 saturated carbocycles. The van der Waals surface area contributed by atoms with Crippen molar-refractivity contribution in [1.82, 2.24) is 9.55 Å². The molecule has 1 aliphatic heterocycles. The molecule has 0 radical (unpaired) electrons. The van der Waals surface area contributed by atoms with Crippen LogP contribution in [0.5, 0.6) is 0 Å². The van der Waals surface area contributed by atoms with Gasteiger partial charge in [0.05, 0.1) is 12.7 Å². The van der Waals surface area contributed by atoms with Gasteiger partial charge < -0.3 is 20.3 Å². The number of hydrogen-bond donors (Lipinski definition) is 2. The van der Waals surface area contributed by atoms with Crippen molar-refractivity contribution >= 4 is 5.82 Å². The van der Waals surface area contributed by atoms with E-state index in [0.29, 0.717) is 0 Å². The zero-order chi connectivity index (χ0) is 13.3. The van der Waals surface area contributed by atoms with Gasteiger partial charge in [-0.1, -0.05) is 6.92 Å². The molecule has 1 aromatic heterocycles. The summed E-state index contributed by atoms with van der Waals surface area (Å²) in [4.78, 5) is 15.4. The lowest BCUT2D eigenvalue weighted by Crippen LogP contribution is -2.31. The molecular formula is C11H17N3O4. The second kappa shape index (κ2) is 5.05. The highest BCUT2D eigenvalue weighted by atomic mass is 16.6. The van der Waals surface area contributed by atoms with Gasteiger partial charge in [0.2, 0.25) is 0 Å². The van der Waals surface area contributed by atoms with E-state index in [-0.39, 0.29) is 18.3 Å². The van der Waals surface area contributed by atoms with Crippen molar-refractivity contribution in [2.45, 2.75) is 25.4 Å². The Bertz CT molecular complexity index is 476. The van der Waals surface area contributed by atoms with Gasteiger partial charge in [-0.05, 0) is 6.07 Å². The smallest absolute Gasteiger partial charge is 0.351 e. The van der Waals surface area contributed by atoms with Crippen LogP contribution < -0.4 is 11.4 Å². The fraction of sp³-hybridized carbons (Fsp3) is 0.636. The van der Waals surface area contributed by atoms with Crippen molar-refractivity contribution in [3.05, 3.63) is 22.7 Å². The number of anilines is 1. The number of hydrogen-bond acceptors (Lipinski definition) is 6. The number of methoxy groups -OCH3 is 1. The molecule has 100 valence electrons. The molecular weight excluding hydrogens is 238 g/mol. The number of nitrogens with two attached hydrogens (primary N) is 1. The van der Waals surface area contributed by atoms with Gasteiger partial charge in [0.15, 0.2) is 0 Å². The largest absolute Gasteiger partial charge is 0.390 e. The molecule has 0 bridgehead atoms. The second-order valence-corrected chi connectivity index (χ2v) is 4.41. The Labute approximate surface area is 104 Å². The van der Waals surface area contributed by atoms with Gasteiger partial charge in [-0.15, -0.1) is 0 Å². The highest BCUT2D eigenvalue weighted by Gasteiger charge is 2.42. The maximum absolute atomic E-state index is 11.7. The van der Waals surface area contributed by atoms with E-state index in [2.05, 4.69) is 4.98 Å². The van der Waals surface area contributed by atoms with E-state index in [0.717, 1.165) is 0 Å². The van der Waals surface area contributed by atoms with Crippen molar-refractivity contribution in [3.8, 4) is 0 Å². The predicted octanol–water partition coefficient (Wildman–Crippen LogP) is -0.634. The molecule has 1 unspecified atom stereocenters. The number of aromatic nitrogens is 2. The summed E-state index contributed by atoms with van der Waals surface area (Å²) in [6.07, 6.45) is -0.159. The maximum atomic E-state index is 11.7. The van der Waals surface area contributed by atoms with Crippen LogP contribution in [0.2, 0.25) is 0 Å². The zero-order valence-electron chi connectivity index (χ0n) is 10.3. The van der Waals surface area contributed by atoms with Crippen LogP contribution in [0.1, 0.15) is 13.2 Å². The minimum Gasteiger partial charge on any atom is -0.390 e. The first-order chi connectivity index (χ1) is 8.54. The van der Waals surface area contributed by atoms with Crippen LogP contribution in [0.4, 0.5) is 5.82 Å². The molecule has 4 atom stereocenters. The van der Waals surface area contributed by atoms with E-state index in [1.165, 1.54) is 23.9 Å². The SMILES string of the molecule is COC[C@H]1O[C@@H](n2ccc(N)nc2=O)[C@H](C)C1O. The molecule has 0 aliphatic carbocycles. The van der Waals surface area contributed by atoms with Crippen LogP contribution in [-0.2, 0) is 9.47 Å². The Morgan fingerprint density at radius 1 is 1.67 bits per heavy atom. The van der Waals surface area contributed by atoms with Gasteiger partial charge in [-0.25, -0.2) is 4.79 Å². The Morgan fingerprint density at radius 2 is 2.39 bits per heavy atom. The Morgan fingerprint density at radius 3 is 3.00 bits per heavy atom. The number of aliphatic hydroxyl groups excluding tert-OH is 1. The molecule has 0 aromatic carbocycles. The van der Waals surface area contributed by atoms with Crippen molar-refractivity contribution in [3.63, 3.8) is 0 Å². The zero-order valence-corrected chi connectivity index (χ0v) is 10.3. The lowest BCUT2D eigenvalue weighted by molar-refractivity contribution is -0.0560. The predicted molar refractivity (Wildman–Crippen MR) is 63.9 cm³/mol. The monoisotopic (exact) mass is 255 g/mol. The van der Waals surface area contributed by atoms with Crippen LogP contribution in [-0.4, -0.2) is 40.6 Å². The average Bonchev–Trinajstić information content (AvgIpc) is 2.58. The number of aliphatic hydroxyl groups is 1. The van der Waals surface area contributed by atoms with E-state index in [1.54, 1.807) is 0 Å². The second-order valence-electron chi connectivity index (χ2n) is 4.41. The van der Waals surface area contributed by atoms with E-state index in [4.69, 9.17) is 15.2 Å². The summed E-state index contributed by atoms with van der Waals surface area (Å²) in [6, 6.07) is 1.52. The van der Waals surface area contributed by atoms with Crippen molar-refractivity contribution in [1.29, 1.82) is 0 Å². The summed E-state index contributed by atoms with van der Waals surface area (Å²) in [5.41, 5.74) is 4.94. The van der Waals surface area contributed by atoms with Crippen molar-refractivity contribution < 1.29 is 14.6 Å². The minimum absolute atomic E-state index is 0.163. The van der Waals surface area contributed by atoms with Crippen LogP contribution >= 0.6 is 0 Å². The molecule has 0 amide bonds. The standard InChI is InChI=1S/C11H17N3O4/c1-6-9(15)7(5-17-2)18-10(6)14-4-3-8(12)13-11(14)16/h3-4,6-7,9-10,15H,5H2,1-2H3,(H2,12,13,16)/t6-,7-,9?,10-/m1/s1. The first-order valence-electron chi connectivity index (χ1n) is 5.71. The van der Waals surface area contributed by atoms with Gasteiger partial charge in [-0.3, -0.25) is 4.57 Å². The normalized spacial score (nSPS) is 31.7. The highest BCUT2D eigenvalue weighted by Crippen LogP contribution is 2.33. The van der Waals surface area contributed by atoms with E-state index >= 15 is 0 Å².